The summed E-state index contributed by atoms with van der Waals surface area (Å²) in [5, 5.41) is 11.3. The zero-order chi connectivity index (χ0) is 30.4. The van der Waals surface area contributed by atoms with Crippen molar-refractivity contribution in [3.05, 3.63) is 82.9 Å². The number of rotatable bonds is 9. The molecule has 2 saturated carbocycles. The van der Waals surface area contributed by atoms with Gasteiger partial charge in [0.15, 0.2) is 0 Å². The summed E-state index contributed by atoms with van der Waals surface area (Å²) in [7, 11) is -3.78. The van der Waals surface area contributed by atoms with Crippen LogP contribution in [0.5, 0.6) is 5.75 Å². The molecule has 9 heteroatoms. The van der Waals surface area contributed by atoms with E-state index in [-0.39, 0.29) is 40.4 Å². The highest BCUT2D eigenvalue weighted by Gasteiger charge is 2.44. The molecule has 0 bridgehead atoms. The number of fused-ring (bicyclic) bond motifs is 3. The van der Waals surface area contributed by atoms with Gasteiger partial charge in [-0.15, -0.1) is 6.58 Å². The van der Waals surface area contributed by atoms with E-state index in [1.165, 1.54) is 11.1 Å². The number of halogens is 1. The lowest BCUT2D eigenvalue weighted by Crippen LogP contribution is -2.49. The Labute approximate surface area is 260 Å². The first kappa shape index (κ1) is 30.2. The second-order valence-electron chi connectivity index (χ2n) is 12.9. The van der Waals surface area contributed by atoms with Crippen LogP contribution in [-0.4, -0.2) is 51.0 Å². The third kappa shape index (κ3) is 6.24. The lowest BCUT2D eigenvalue weighted by molar-refractivity contribution is 0.0460. The van der Waals surface area contributed by atoms with Crippen LogP contribution in [0.25, 0.3) is 0 Å². The molecule has 4 aliphatic rings. The van der Waals surface area contributed by atoms with Crippen molar-refractivity contribution < 1.29 is 23.1 Å². The van der Waals surface area contributed by atoms with Gasteiger partial charge in [-0.05, 0) is 111 Å². The van der Waals surface area contributed by atoms with Gasteiger partial charge in [0.25, 0.3) is 5.91 Å². The summed E-state index contributed by atoms with van der Waals surface area (Å²) in [4.78, 5) is 15.6. The number of sulfonamides is 1. The summed E-state index contributed by atoms with van der Waals surface area (Å²) >= 11 is 6.38. The van der Waals surface area contributed by atoms with Crippen molar-refractivity contribution in [2.75, 3.05) is 30.3 Å². The average molecular weight is 625 g/mol. The Balaban J connectivity index is 1.30. The number of ether oxygens (including phenoxy) is 1. The van der Waals surface area contributed by atoms with E-state index >= 15 is 0 Å². The lowest BCUT2D eigenvalue weighted by atomic mass is 9.68. The molecule has 6 atom stereocenters. The Morgan fingerprint density at radius 3 is 2.84 bits per heavy atom. The van der Waals surface area contributed by atoms with Crippen LogP contribution < -0.4 is 14.4 Å². The molecule has 2 fully saturated rings. The van der Waals surface area contributed by atoms with E-state index in [1.54, 1.807) is 24.3 Å². The van der Waals surface area contributed by atoms with Crippen LogP contribution in [0.3, 0.4) is 0 Å². The van der Waals surface area contributed by atoms with Crippen LogP contribution >= 0.6 is 11.6 Å². The van der Waals surface area contributed by atoms with Gasteiger partial charge in [-0.1, -0.05) is 35.9 Å². The molecule has 43 heavy (non-hydrogen) atoms. The molecule has 1 amide bonds. The van der Waals surface area contributed by atoms with Crippen molar-refractivity contribution in [2.45, 2.75) is 57.0 Å². The second-order valence-corrected chi connectivity index (χ2v) is 15.1. The zero-order valence-electron chi connectivity index (χ0n) is 24.7. The number of allylic oxidation sites excluding steroid dienone is 2. The van der Waals surface area contributed by atoms with Gasteiger partial charge in [0.1, 0.15) is 5.75 Å². The number of aryl methyl sites for hydroxylation is 1. The zero-order valence-corrected chi connectivity index (χ0v) is 26.2. The van der Waals surface area contributed by atoms with Gasteiger partial charge in [0.05, 0.1) is 24.2 Å². The van der Waals surface area contributed by atoms with E-state index < -0.39 is 22.0 Å². The topological polar surface area (TPSA) is 95.9 Å². The Bertz CT molecular complexity index is 1540. The standard InChI is InChI=1S/C34H41ClN2O5S/c1-3-6-22-15-26(22)19-43(40,41)36-33(39)24-9-13-32-30(17-24)37(18-25-8-11-28(25)31(38)4-2)20-34(21-42-32)14-5-7-23-16-27(35)10-12-29(23)34/h3-4,6,9-10,12-13,16-17,22,25-26,28,31,38H,2,5,7-8,11,14-15,18-21H2,1H3,(H,36,39)/b6-3+/t22-,25+,26+,28-,31+,34+/m1/s1. The molecule has 0 saturated heterocycles. The maximum Gasteiger partial charge on any atom is 0.264 e. The van der Waals surface area contributed by atoms with Gasteiger partial charge in [-0.25, -0.2) is 13.1 Å². The van der Waals surface area contributed by atoms with Crippen LogP contribution in [0.2, 0.25) is 5.02 Å². The summed E-state index contributed by atoms with van der Waals surface area (Å²) in [5.74, 6) is 0.668. The number of nitrogens with one attached hydrogen (secondary N) is 1. The number of carbonyl (C=O) groups is 1. The van der Waals surface area contributed by atoms with Crippen LogP contribution in [0.15, 0.2) is 61.2 Å². The molecule has 1 aliphatic heterocycles. The molecule has 2 N–H and O–H groups in total. The molecule has 230 valence electrons. The molecule has 0 aromatic heterocycles. The first-order valence-electron chi connectivity index (χ1n) is 15.4. The Kier molecular flexibility index (Phi) is 8.39. The summed E-state index contributed by atoms with van der Waals surface area (Å²) in [5.41, 5.74) is 3.27. The smallest absolute Gasteiger partial charge is 0.264 e. The Morgan fingerprint density at radius 1 is 1.26 bits per heavy atom. The fourth-order valence-electron chi connectivity index (χ4n) is 7.45. The maximum atomic E-state index is 13.3. The fourth-order valence-corrected chi connectivity index (χ4v) is 9.08. The van der Waals surface area contributed by atoms with Crippen LogP contribution in [0.4, 0.5) is 5.69 Å². The molecule has 0 radical (unpaired) electrons. The summed E-state index contributed by atoms with van der Waals surface area (Å²) < 4.78 is 34.5. The van der Waals surface area contributed by atoms with Gasteiger partial charge >= 0.3 is 0 Å². The molecular weight excluding hydrogens is 584 g/mol. The number of benzene rings is 2. The Morgan fingerprint density at radius 2 is 2.09 bits per heavy atom. The summed E-state index contributed by atoms with van der Waals surface area (Å²) in [6, 6.07) is 11.3. The summed E-state index contributed by atoms with van der Waals surface area (Å²) in [6.45, 7) is 7.58. The molecule has 2 aromatic rings. The highest BCUT2D eigenvalue weighted by molar-refractivity contribution is 7.90. The molecule has 7 nitrogen and oxygen atoms in total. The SMILES string of the molecule is C=C[C@H](O)[C@@H]1CC[C@H]1CN1C[C@@]2(CCCc3cc(Cl)ccc32)COc2ccc(C(=O)NS(=O)(=O)C[C@@H]3C[C@H]3/C=C/C)cc21. The number of hydrogen-bond donors (Lipinski definition) is 2. The largest absolute Gasteiger partial charge is 0.490 e. The molecule has 2 aromatic carbocycles. The number of hydrogen-bond acceptors (Lipinski definition) is 6. The van der Waals surface area contributed by atoms with E-state index in [0.29, 0.717) is 25.4 Å². The number of aliphatic hydroxyl groups is 1. The van der Waals surface area contributed by atoms with Crippen molar-refractivity contribution in [2.24, 2.45) is 23.7 Å². The monoisotopic (exact) mass is 624 g/mol. The van der Waals surface area contributed by atoms with E-state index in [4.69, 9.17) is 16.3 Å². The highest BCUT2D eigenvalue weighted by Crippen LogP contribution is 2.47. The number of aliphatic hydroxyl groups excluding tert-OH is 1. The number of nitrogens with zero attached hydrogens (tertiary/aromatic N) is 1. The molecule has 1 spiro atoms. The van der Waals surface area contributed by atoms with Crippen LogP contribution in [-0.2, 0) is 21.9 Å². The van der Waals surface area contributed by atoms with Crippen LogP contribution in [0, 0.1) is 23.7 Å². The van der Waals surface area contributed by atoms with Crippen molar-refractivity contribution in [1.82, 2.24) is 4.72 Å². The van der Waals surface area contributed by atoms with Crippen molar-refractivity contribution in [1.29, 1.82) is 0 Å². The van der Waals surface area contributed by atoms with Gasteiger partial charge in [-0.3, -0.25) is 4.79 Å². The van der Waals surface area contributed by atoms with Crippen molar-refractivity contribution >= 4 is 33.2 Å². The highest BCUT2D eigenvalue weighted by atomic mass is 35.5. The van der Waals surface area contributed by atoms with E-state index in [0.717, 1.165) is 49.2 Å². The molecule has 0 unspecified atom stereocenters. The van der Waals surface area contributed by atoms with E-state index in [1.807, 2.05) is 25.1 Å². The normalized spacial score (nSPS) is 28.7. The van der Waals surface area contributed by atoms with Gasteiger partial charge in [0.2, 0.25) is 10.0 Å². The molecule has 6 rings (SSSR count). The van der Waals surface area contributed by atoms with Crippen molar-refractivity contribution in [3.63, 3.8) is 0 Å². The lowest BCUT2D eigenvalue weighted by Gasteiger charge is -2.45. The van der Waals surface area contributed by atoms with Crippen LogP contribution in [0.1, 0.15) is 60.5 Å². The van der Waals surface area contributed by atoms with Gasteiger partial charge in [-0.2, -0.15) is 0 Å². The number of anilines is 1. The third-order valence-corrected chi connectivity index (χ3v) is 11.6. The van der Waals surface area contributed by atoms with Gasteiger partial charge < -0.3 is 14.7 Å². The minimum absolute atomic E-state index is 0.0446. The first-order chi connectivity index (χ1) is 20.6. The molecular formula is C34H41ClN2O5S. The first-order valence-corrected chi connectivity index (χ1v) is 17.4. The number of amides is 1. The maximum absolute atomic E-state index is 13.3. The minimum Gasteiger partial charge on any atom is -0.490 e. The molecule has 1 heterocycles. The minimum atomic E-state index is -3.78. The average Bonchev–Trinajstić information content (AvgIpc) is 3.71. The van der Waals surface area contributed by atoms with E-state index in [2.05, 4.69) is 28.3 Å². The molecule has 3 aliphatic carbocycles. The fraction of sp³-hybridized carbons (Fsp3) is 0.500. The van der Waals surface area contributed by atoms with Gasteiger partial charge in [0, 0.05) is 29.1 Å². The predicted molar refractivity (Wildman–Crippen MR) is 170 cm³/mol. The third-order valence-electron chi connectivity index (χ3n) is 10.0. The quantitative estimate of drug-likeness (QED) is 0.350. The predicted octanol–water partition coefficient (Wildman–Crippen LogP) is 5.66. The number of carbonyl (C=O) groups excluding carboxylic acids is 1. The summed E-state index contributed by atoms with van der Waals surface area (Å²) in [6.07, 6.45) is 10.7. The van der Waals surface area contributed by atoms with E-state index in [9.17, 15) is 18.3 Å². The second kappa shape index (κ2) is 11.9. The Hall–Kier alpha value is -2.81. The van der Waals surface area contributed by atoms with Crippen molar-refractivity contribution in [3.8, 4) is 5.75 Å².